The highest BCUT2D eigenvalue weighted by Gasteiger charge is 2.39. The van der Waals surface area contributed by atoms with Gasteiger partial charge in [-0.3, -0.25) is 14.5 Å². The third-order valence-corrected chi connectivity index (χ3v) is 4.71. The molecule has 0 unspecified atom stereocenters. The van der Waals surface area contributed by atoms with E-state index in [9.17, 15) is 9.59 Å². The first-order valence-corrected chi connectivity index (χ1v) is 8.58. The zero-order valence-electron chi connectivity index (χ0n) is 13.9. The molecule has 0 aliphatic carbocycles. The second-order valence-corrected chi connectivity index (χ2v) is 6.26. The standard InChI is InChI=1S/C18H18N2O4S/c1-23-10-9-20-17(21)15(14-8-5-11-25-14)16(18(20)22)19-12-6-3-4-7-13(12)24-2/h3-8,11,19H,9-10H2,1-2H3. The minimum absolute atomic E-state index is 0.208. The summed E-state index contributed by atoms with van der Waals surface area (Å²) >= 11 is 1.42. The number of anilines is 1. The molecule has 0 radical (unpaired) electrons. The Morgan fingerprint density at radius 1 is 1.08 bits per heavy atom. The van der Waals surface area contributed by atoms with Crippen molar-refractivity contribution in [3.8, 4) is 5.75 Å². The van der Waals surface area contributed by atoms with Gasteiger partial charge in [-0.15, -0.1) is 11.3 Å². The van der Waals surface area contributed by atoms with E-state index in [1.54, 1.807) is 19.2 Å². The number of carbonyl (C=O) groups excluding carboxylic acids is 2. The van der Waals surface area contributed by atoms with Crippen molar-refractivity contribution in [1.29, 1.82) is 0 Å². The second kappa shape index (κ2) is 7.50. The molecule has 25 heavy (non-hydrogen) atoms. The highest BCUT2D eigenvalue weighted by Crippen LogP contribution is 2.34. The Kier molecular flexibility index (Phi) is 5.16. The van der Waals surface area contributed by atoms with Crippen LogP contribution in [0.5, 0.6) is 5.75 Å². The van der Waals surface area contributed by atoms with Crippen LogP contribution in [-0.2, 0) is 14.3 Å². The minimum atomic E-state index is -0.364. The lowest BCUT2D eigenvalue weighted by Crippen LogP contribution is -2.35. The van der Waals surface area contributed by atoms with Crippen LogP contribution in [0.3, 0.4) is 0 Å². The maximum atomic E-state index is 12.8. The fraction of sp³-hybridized carbons (Fsp3) is 0.222. The lowest BCUT2D eigenvalue weighted by atomic mass is 10.2. The zero-order chi connectivity index (χ0) is 17.8. The molecule has 3 rings (SSSR count). The van der Waals surface area contributed by atoms with Gasteiger partial charge in [0, 0.05) is 12.0 Å². The fourth-order valence-corrected chi connectivity index (χ4v) is 3.38. The number of hydrogen-bond donors (Lipinski definition) is 1. The van der Waals surface area contributed by atoms with Crippen LogP contribution in [-0.4, -0.2) is 44.1 Å². The van der Waals surface area contributed by atoms with Crippen molar-refractivity contribution >= 4 is 34.4 Å². The molecule has 0 fully saturated rings. The number of rotatable bonds is 7. The third kappa shape index (κ3) is 3.29. The molecule has 1 N–H and O–H groups in total. The number of imide groups is 1. The quantitative estimate of drug-likeness (QED) is 0.771. The van der Waals surface area contributed by atoms with E-state index in [0.29, 0.717) is 17.0 Å². The summed E-state index contributed by atoms with van der Waals surface area (Å²) in [5, 5.41) is 4.97. The second-order valence-electron chi connectivity index (χ2n) is 5.31. The van der Waals surface area contributed by atoms with E-state index in [1.165, 1.54) is 23.3 Å². The molecule has 1 aromatic carbocycles. The van der Waals surface area contributed by atoms with Gasteiger partial charge >= 0.3 is 0 Å². The number of methoxy groups -OCH3 is 2. The van der Waals surface area contributed by atoms with Crippen molar-refractivity contribution in [2.24, 2.45) is 0 Å². The van der Waals surface area contributed by atoms with E-state index in [2.05, 4.69) is 5.32 Å². The van der Waals surface area contributed by atoms with Gasteiger partial charge in [-0.2, -0.15) is 0 Å². The van der Waals surface area contributed by atoms with Gasteiger partial charge < -0.3 is 14.8 Å². The molecule has 2 amide bonds. The molecule has 6 nitrogen and oxygen atoms in total. The molecule has 130 valence electrons. The molecule has 2 aromatic rings. The van der Waals surface area contributed by atoms with Crippen LogP contribution in [0.25, 0.3) is 5.57 Å². The first kappa shape index (κ1) is 17.2. The van der Waals surface area contributed by atoms with Crippen LogP contribution >= 0.6 is 11.3 Å². The SMILES string of the molecule is COCCN1C(=O)C(Nc2ccccc2OC)=C(c2cccs2)C1=O. The summed E-state index contributed by atoms with van der Waals surface area (Å²) in [6.07, 6.45) is 0. The number of para-hydroxylation sites is 2. The topological polar surface area (TPSA) is 67.9 Å². The minimum Gasteiger partial charge on any atom is -0.495 e. The van der Waals surface area contributed by atoms with Crippen molar-refractivity contribution in [1.82, 2.24) is 4.90 Å². The normalized spacial score (nSPS) is 14.4. The molecule has 0 bridgehead atoms. The van der Waals surface area contributed by atoms with Crippen LogP contribution in [0.1, 0.15) is 4.88 Å². The number of hydrogen-bond acceptors (Lipinski definition) is 6. The summed E-state index contributed by atoms with van der Waals surface area (Å²) in [6, 6.07) is 10.9. The number of benzene rings is 1. The van der Waals surface area contributed by atoms with E-state index in [4.69, 9.17) is 9.47 Å². The summed E-state index contributed by atoms with van der Waals surface area (Å²) in [5.74, 6) is -0.0885. The summed E-state index contributed by atoms with van der Waals surface area (Å²) in [6.45, 7) is 0.497. The summed E-state index contributed by atoms with van der Waals surface area (Å²) < 4.78 is 10.3. The van der Waals surface area contributed by atoms with Crippen LogP contribution in [0.2, 0.25) is 0 Å². The van der Waals surface area contributed by atoms with E-state index >= 15 is 0 Å². The Morgan fingerprint density at radius 3 is 2.56 bits per heavy atom. The number of carbonyl (C=O) groups is 2. The largest absolute Gasteiger partial charge is 0.495 e. The highest BCUT2D eigenvalue weighted by molar-refractivity contribution is 7.11. The number of amides is 2. The maximum absolute atomic E-state index is 12.8. The van der Waals surface area contributed by atoms with E-state index in [-0.39, 0.29) is 30.7 Å². The molecule has 0 atom stereocenters. The summed E-state index contributed by atoms with van der Waals surface area (Å²) in [7, 11) is 3.09. The first-order valence-electron chi connectivity index (χ1n) is 7.70. The van der Waals surface area contributed by atoms with Crippen LogP contribution in [0.15, 0.2) is 47.5 Å². The predicted octanol–water partition coefficient (Wildman–Crippen LogP) is 2.60. The van der Waals surface area contributed by atoms with Gasteiger partial charge in [0.15, 0.2) is 0 Å². The molecule has 0 spiro atoms. The predicted molar refractivity (Wildman–Crippen MR) is 96.5 cm³/mol. The van der Waals surface area contributed by atoms with Crippen LogP contribution in [0.4, 0.5) is 5.69 Å². The molecular formula is C18H18N2O4S. The summed E-state index contributed by atoms with van der Waals surface area (Å²) in [5.41, 5.74) is 1.26. The number of ether oxygens (including phenoxy) is 2. The fourth-order valence-electron chi connectivity index (χ4n) is 2.61. The molecular weight excluding hydrogens is 340 g/mol. The van der Waals surface area contributed by atoms with Crippen LogP contribution < -0.4 is 10.1 Å². The Balaban J connectivity index is 2.02. The first-order chi connectivity index (χ1) is 12.2. The van der Waals surface area contributed by atoms with Gasteiger partial charge in [0.05, 0.1) is 31.5 Å². The molecule has 1 aromatic heterocycles. The van der Waals surface area contributed by atoms with Gasteiger partial charge in [-0.25, -0.2) is 0 Å². The Hall–Kier alpha value is -2.64. The highest BCUT2D eigenvalue weighted by atomic mass is 32.1. The smallest absolute Gasteiger partial charge is 0.278 e. The van der Waals surface area contributed by atoms with E-state index in [1.807, 2.05) is 29.6 Å². The van der Waals surface area contributed by atoms with Crippen molar-refractivity contribution in [2.45, 2.75) is 0 Å². The number of thiophene rings is 1. The lowest BCUT2D eigenvalue weighted by Gasteiger charge is -2.15. The van der Waals surface area contributed by atoms with Crippen molar-refractivity contribution in [3.63, 3.8) is 0 Å². The van der Waals surface area contributed by atoms with Crippen LogP contribution in [0, 0.1) is 0 Å². The van der Waals surface area contributed by atoms with Gasteiger partial charge in [0.2, 0.25) is 0 Å². The number of nitrogens with one attached hydrogen (secondary N) is 1. The van der Waals surface area contributed by atoms with Gasteiger partial charge in [-0.1, -0.05) is 18.2 Å². The van der Waals surface area contributed by atoms with Gasteiger partial charge in [0.1, 0.15) is 11.4 Å². The molecule has 2 heterocycles. The zero-order valence-corrected chi connectivity index (χ0v) is 14.8. The monoisotopic (exact) mass is 358 g/mol. The number of nitrogens with zero attached hydrogens (tertiary/aromatic N) is 1. The molecule has 7 heteroatoms. The Labute approximate surface area is 149 Å². The van der Waals surface area contributed by atoms with Gasteiger partial charge in [0.25, 0.3) is 11.8 Å². The van der Waals surface area contributed by atoms with E-state index in [0.717, 1.165) is 4.88 Å². The summed E-state index contributed by atoms with van der Waals surface area (Å²) in [4.78, 5) is 27.6. The van der Waals surface area contributed by atoms with Crippen molar-refractivity contribution in [2.75, 3.05) is 32.7 Å². The van der Waals surface area contributed by atoms with Gasteiger partial charge in [-0.05, 0) is 23.6 Å². The lowest BCUT2D eigenvalue weighted by molar-refractivity contribution is -0.137. The molecule has 0 saturated carbocycles. The average molecular weight is 358 g/mol. The maximum Gasteiger partial charge on any atom is 0.278 e. The van der Waals surface area contributed by atoms with Crippen molar-refractivity contribution in [3.05, 3.63) is 52.4 Å². The van der Waals surface area contributed by atoms with E-state index < -0.39 is 0 Å². The van der Waals surface area contributed by atoms with Crippen molar-refractivity contribution < 1.29 is 19.1 Å². The molecule has 1 aliphatic rings. The Morgan fingerprint density at radius 2 is 1.88 bits per heavy atom. The Bertz CT molecular complexity index is 814. The average Bonchev–Trinajstić information content (AvgIpc) is 3.22. The molecule has 1 aliphatic heterocycles. The third-order valence-electron chi connectivity index (χ3n) is 3.82. The molecule has 0 saturated heterocycles.